The lowest BCUT2D eigenvalue weighted by Crippen LogP contribution is -1.98. The predicted molar refractivity (Wildman–Crippen MR) is 66.6 cm³/mol. The molecule has 0 aliphatic carbocycles. The summed E-state index contributed by atoms with van der Waals surface area (Å²) in [5, 5.41) is 0. The molecule has 0 spiro atoms. The first-order valence-electron chi connectivity index (χ1n) is 5.36. The minimum Gasteiger partial charge on any atom is -0.497 e. The van der Waals surface area contributed by atoms with Crippen molar-refractivity contribution in [2.75, 3.05) is 12.8 Å². The summed E-state index contributed by atoms with van der Waals surface area (Å²) in [5.74, 6) is 0.442. The van der Waals surface area contributed by atoms with Gasteiger partial charge < -0.3 is 10.5 Å². The van der Waals surface area contributed by atoms with E-state index in [1.807, 2.05) is 30.3 Å². The molecule has 0 aliphatic rings. The normalized spacial score (nSPS) is 10.2. The van der Waals surface area contributed by atoms with Crippen LogP contribution in [0.25, 0.3) is 0 Å². The average molecular weight is 231 g/mol. The Kier molecular flexibility index (Phi) is 3.28. The highest BCUT2D eigenvalue weighted by molar-refractivity contribution is 5.50. The first-order valence-corrected chi connectivity index (χ1v) is 5.36. The fraction of sp³-hybridized carbons (Fsp3) is 0.143. The Labute approximate surface area is 99.8 Å². The monoisotopic (exact) mass is 231 g/mol. The van der Waals surface area contributed by atoms with E-state index in [-0.39, 0.29) is 11.5 Å². The van der Waals surface area contributed by atoms with Gasteiger partial charge >= 0.3 is 0 Å². The van der Waals surface area contributed by atoms with Crippen molar-refractivity contribution in [1.82, 2.24) is 0 Å². The van der Waals surface area contributed by atoms with Crippen LogP contribution < -0.4 is 10.5 Å². The van der Waals surface area contributed by atoms with Crippen LogP contribution in [0.3, 0.4) is 0 Å². The molecular formula is C14H14FNO. The third-order valence-corrected chi connectivity index (χ3v) is 2.70. The summed E-state index contributed by atoms with van der Waals surface area (Å²) >= 11 is 0. The van der Waals surface area contributed by atoms with Crippen LogP contribution >= 0.6 is 0 Å². The topological polar surface area (TPSA) is 35.2 Å². The fourth-order valence-electron chi connectivity index (χ4n) is 1.70. The zero-order chi connectivity index (χ0) is 12.3. The number of hydrogen-bond acceptors (Lipinski definition) is 2. The first kappa shape index (κ1) is 11.5. The quantitative estimate of drug-likeness (QED) is 0.824. The Bertz CT molecular complexity index is 508. The Morgan fingerprint density at radius 2 is 1.82 bits per heavy atom. The van der Waals surface area contributed by atoms with Crippen molar-refractivity contribution in [3.63, 3.8) is 0 Å². The molecule has 0 fully saturated rings. The molecule has 2 aromatic carbocycles. The van der Waals surface area contributed by atoms with E-state index in [1.165, 1.54) is 6.07 Å². The summed E-state index contributed by atoms with van der Waals surface area (Å²) in [6.07, 6.45) is 0.619. The van der Waals surface area contributed by atoms with Crippen molar-refractivity contribution in [3.8, 4) is 5.75 Å². The molecule has 0 saturated carbocycles. The van der Waals surface area contributed by atoms with Crippen LogP contribution in [0, 0.1) is 5.82 Å². The lowest BCUT2D eigenvalue weighted by molar-refractivity contribution is 0.414. The van der Waals surface area contributed by atoms with Crippen LogP contribution in [0.1, 0.15) is 11.1 Å². The Morgan fingerprint density at radius 3 is 2.47 bits per heavy atom. The highest BCUT2D eigenvalue weighted by Gasteiger charge is 2.05. The van der Waals surface area contributed by atoms with Crippen molar-refractivity contribution in [2.24, 2.45) is 0 Å². The molecule has 0 aromatic heterocycles. The molecule has 2 rings (SSSR count). The van der Waals surface area contributed by atoms with E-state index in [4.69, 9.17) is 10.5 Å². The second-order valence-corrected chi connectivity index (χ2v) is 3.84. The van der Waals surface area contributed by atoms with E-state index in [1.54, 1.807) is 13.2 Å². The van der Waals surface area contributed by atoms with Crippen LogP contribution in [0.4, 0.5) is 10.1 Å². The lowest BCUT2D eigenvalue weighted by atomic mass is 10.0. The van der Waals surface area contributed by atoms with Gasteiger partial charge in [-0.15, -0.1) is 0 Å². The molecule has 3 heteroatoms. The van der Waals surface area contributed by atoms with Gasteiger partial charge in [0.25, 0.3) is 0 Å². The van der Waals surface area contributed by atoms with Crippen molar-refractivity contribution in [1.29, 1.82) is 0 Å². The van der Waals surface area contributed by atoms with Gasteiger partial charge in [-0.25, -0.2) is 4.39 Å². The van der Waals surface area contributed by atoms with Gasteiger partial charge in [0.2, 0.25) is 0 Å². The molecule has 0 bridgehead atoms. The average Bonchev–Trinajstić information content (AvgIpc) is 2.36. The van der Waals surface area contributed by atoms with Gasteiger partial charge in [-0.2, -0.15) is 0 Å². The van der Waals surface area contributed by atoms with Gasteiger partial charge in [-0.3, -0.25) is 0 Å². The maximum atomic E-state index is 13.3. The van der Waals surface area contributed by atoms with E-state index in [0.717, 1.165) is 16.9 Å². The molecule has 0 atom stereocenters. The van der Waals surface area contributed by atoms with Gasteiger partial charge in [0.05, 0.1) is 12.8 Å². The molecule has 0 radical (unpaired) electrons. The van der Waals surface area contributed by atoms with E-state index < -0.39 is 0 Å². The molecule has 0 heterocycles. The molecule has 2 N–H and O–H groups in total. The van der Waals surface area contributed by atoms with Crippen molar-refractivity contribution < 1.29 is 9.13 Å². The second-order valence-electron chi connectivity index (χ2n) is 3.84. The molecule has 2 nitrogen and oxygen atoms in total. The van der Waals surface area contributed by atoms with Crippen molar-refractivity contribution in [3.05, 3.63) is 59.4 Å². The van der Waals surface area contributed by atoms with Crippen LogP contribution in [-0.4, -0.2) is 7.11 Å². The number of methoxy groups -OCH3 is 1. The van der Waals surface area contributed by atoms with Crippen LogP contribution in [0.2, 0.25) is 0 Å². The third-order valence-electron chi connectivity index (χ3n) is 2.70. The SMILES string of the molecule is COc1ccc(Cc2cccc(F)c2N)cc1. The number of hydrogen-bond donors (Lipinski definition) is 1. The Balaban J connectivity index is 2.22. The number of ether oxygens (including phenoxy) is 1. The van der Waals surface area contributed by atoms with Crippen LogP contribution in [0.5, 0.6) is 5.75 Å². The minimum atomic E-state index is -0.365. The minimum absolute atomic E-state index is 0.225. The molecular weight excluding hydrogens is 217 g/mol. The predicted octanol–water partition coefficient (Wildman–Crippen LogP) is 3.01. The fourth-order valence-corrected chi connectivity index (χ4v) is 1.70. The van der Waals surface area contributed by atoms with E-state index in [0.29, 0.717) is 6.42 Å². The molecule has 88 valence electrons. The number of rotatable bonds is 3. The second kappa shape index (κ2) is 4.87. The summed E-state index contributed by atoms with van der Waals surface area (Å²) in [6.45, 7) is 0. The summed E-state index contributed by atoms with van der Waals surface area (Å²) in [4.78, 5) is 0. The van der Waals surface area contributed by atoms with Gasteiger partial charge in [0, 0.05) is 0 Å². The molecule has 0 amide bonds. The highest BCUT2D eigenvalue weighted by Crippen LogP contribution is 2.20. The van der Waals surface area contributed by atoms with Gasteiger partial charge in [-0.1, -0.05) is 24.3 Å². The van der Waals surface area contributed by atoms with E-state index >= 15 is 0 Å². The highest BCUT2D eigenvalue weighted by atomic mass is 19.1. The summed E-state index contributed by atoms with van der Waals surface area (Å²) in [7, 11) is 1.62. The largest absolute Gasteiger partial charge is 0.497 e. The molecule has 2 aromatic rings. The maximum absolute atomic E-state index is 13.3. The number of halogens is 1. The van der Waals surface area contributed by atoms with Gasteiger partial charge in [0.15, 0.2) is 0 Å². The summed E-state index contributed by atoms with van der Waals surface area (Å²) < 4.78 is 18.3. The third kappa shape index (κ3) is 2.56. The Hall–Kier alpha value is -2.03. The number of nitrogen functional groups attached to an aromatic ring is 1. The standard InChI is InChI=1S/C14H14FNO/c1-17-12-7-5-10(6-8-12)9-11-3-2-4-13(15)14(11)16/h2-8H,9,16H2,1H3. The van der Waals surface area contributed by atoms with Crippen LogP contribution in [0.15, 0.2) is 42.5 Å². The van der Waals surface area contributed by atoms with Crippen LogP contribution in [-0.2, 0) is 6.42 Å². The maximum Gasteiger partial charge on any atom is 0.146 e. The zero-order valence-electron chi connectivity index (χ0n) is 9.61. The molecule has 0 unspecified atom stereocenters. The zero-order valence-corrected chi connectivity index (χ0v) is 9.61. The molecule has 0 saturated heterocycles. The number of benzene rings is 2. The lowest BCUT2D eigenvalue weighted by Gasteiger charge is -2.07. The van der Waals surface area contributed by atoms with Crippen molar-refractivity contribution >= 4 is 5.69 Å². The summed E-state index contributed by atoms with van der Waals surface area (Å²) in [6, 6.07) is 12.5. The Morgan fingerprint density at radius 1 is 1.12 bits per heavy atom. The van der Waals surface area contributed by atoms with Gasteiger partial charge in [-0.05, 0) is 35.7 Å². The number of anilines is 1. The number of para-hydroxylation sites is 1. The van der Waals surface area contributed by atoms with Gasteiger partial charge in [0.1, 0.15) is 11.6 Å². The van der Waals surface area contributed by atoms with E-state index in [2.05, 4.69) is 0 Å². The van der Waals surface area contributed by atoms with Crippen molar-refractivity contribution in [2.45, 2.75) is 6.42 Å². The van der Waals surface area contributed by atoms with E-state index in [9.17, 15) is 4.39 Å². The molecule has 0 aliphatic heterocycles. The number of nitrogens with two attached hydrogens (primary N) is 1. The first-order chi connectivity index (χ1) is 8.20. The molecule has 17 heavy (non-hydrogen) atoms. The summed E-state index contributed by atoms with van der Waals surface area (Å²) in [5.41, 5.74) is 7.79. The smallest absolute Gasteiger partial charge is 0.146 e.